The van der Waals surface area contributed by atoms with E-state index >= 15 is 0 Å². The number of nitrogens with two attached hydrogens (primary N) is 1. The number of pyridine rings is 1. The summed E-state index contributed by atoms with van der Waals surface area (Å²) in [4.78, 5) is 30.4. The minimum Gasteiger partial charge on any atom is -0.345 e. The maximum atomic E-state index is 14.2. The smallest absolute Gasteiger partial charge is 0.332 e. The standard InChI is InChI=1S/C20H19BrF5N5O2.C2H6/c1-29-18-16(19(32)30(2)20(29)33)15(10-5-9(22)3-4-12(10)21)11(6-27)17(28-18)31(7-13(23)24)8-14(25)26;1-2/h3-5,13-14H,6-8,27H2,1-2H3;1-2H3. The number of aromatic nitrogens is 3. The summed E-state index contributed by atoms with van der Waals surface area (Å²) >= 11 is 3.28. The Labute approximate surface area is 206 Å². The molecule has 3 rings (SSSR count). The largest absolute Gasteiger partial charge is 0.345 e. The van der Waals surface area contributed by atoms with E-state index in [-0.39, 0.29) is 33.5 Å². The molecule has 0 saturated carbocycles. The van der Waals surface area contributed by atoms with Crippen LogP contribution in [0.15, 0.2) is 32.3 Å². The Bertz CT molecular complexity index is 1320. The van der Waals surface area contributed by atoms with E-state index in [0.29, 0.717) is 9.37 Å². The lowest BCUT2D eigenvalue weighted by atomic mass is 9.96. The SMILES string of the molecule is CC.Cn1c(=O)c2c(-c3cc(F)ccc3Br)c(CN)c(N(CC(F)F)CC(F)F)nc2n(C)c1=O. The molecule has 7 nitrogen and oxygen atoms in total. The maximum Gasteiger partial charge on any atom is 0.332 e. The molecule has 1 aromatic carbocycles. The second-order valence-corrected chi connectivity index (χ2v) is 8.06. The summed E-state index contributed by atoms with van der Waals surface area (Å²) in [5.74, 6) is -1.03. The van der Waals surface area contributed by atoms with Crippen LogP contribution in [0.1, 0.15) is 19.4 Å². The molecule has 0 atom stereocenters. The van der Waals surface area contributed by atoms with Crippen LogP contribution in [0, 0.1) is 5.82 Å². The Morgan fingerprint density at radius 3 is 2.14 bits per heavy atom. The first-order valence-corrected chi connectivity index (χ1v) is 11.4. The minimum atomic E-state index is -3.00. The fourth-order valence-corrected chi connectivity index (χ4v) is 4.08. The van der Waals surface area contributed by atoms with Crippen LogP contribution in [-0.2, 0) is 20.6 Å². The van der Waals surface area contributed by atoms with E-state index in [9.17, 15) is 31.5 Å². The van der Waals surface area contributed by atoms with Gasteiger partial charge in [0.1, 0.15) is 11.6 Å². The van der Waals surface area contributed by atoms with Gasteiger partial charge in [0.15, 0.2) is 5.65 Å². The third-order valence-electron chi connectivity index (χ3n) is 5.09. The molecule has 35 heavy (non-hydrogen) atoms. The average molecular weight is 566 g/mol. The summed E-state index contributed by atoms with van der Waals surface area (Å²) in [6.45, 7) is 1.41. The first-order chi connectivity index (χ1) is 16.5. The molecule has 0 unspecified atom stereocenters. The number of aryl methyl sites for hydroxylation is 1. The van der Waals surface area contributed by atoms with Crippen LogP contribution in [0.3, 0.4) is 0 Å². The van der Waals surface area contributed by atoms with Gasteiger partial charge in [0.25, 0.3) is 18.4 Å². The molecule has 0 aliphatic heterocycles. The van der Waals surface area contributed by atoms with Gasteiger partial charge < -0.3 is 10.6 Å². The quantitative estimate of drug-likeness (QED) is 0.437. The van der Waals surface area contributed by atoms with Crippen molar-refractivity contribution >= 4 is 32.8 Å². The van der Waals surface area contributed by atoms with Gasteiger partial charge in [0.2, 0.25) is 0 Å². The zero-order valence-corrected chi connectivity index (χ0v) is 21.0. The molecule has 3 aromatic rings. The molecule has 2 aromatic heterocycles. The zero-order valence-electron chi connectivity index (χ0n) is 19.5. The molecular formula is C22H25BrF5N5O2. The first kappa shape index (κ1) is 28.4. The Balaban J connectivity index is 0.00000210. The van der Waals surface area contributed by atoms with Crippen LogP contribution in [0.25, 0.3) is 22.2 Å². The molecule has 0 spiro atoms. The van der Waals surface area contributed by atoms with Gasteiger partial charge in [-0.15, -0.1) is 0 Å². The molecule has 0 aliphatic rings. The van der Waals surface area contributed by atoms with Crippen molar-refractivity contribution in [3.63, 3.8) is 0 Å². The highest BCUT2D eigenvalue weighted by Crippen LogP contribution is 2.39. The summed E-state index contributed by atoms with van der Waals surface area (Å²) in [5.41, 5.74) is 4.20. The highest BCUT2D eigenvalue weighted by molar-refractivity contribution is 9.10. The Morgan fingerprint density at radius 1 is 1.06 bits per heavy atom. The van der Waals surface area contributed by atoms with Gasteiger partial charge in [-0.1, -0.05) is 29.8 Å². The summed E-state index contributed by atoms with van der Waals surface area (Å²) in [6.07, 6.45) is -5.99. The van der Waals surface area contributed by atoms with Crippen molar-refractivity contribution in [2.24, 2.45) is 19.8 Å². The Morgan fingerprint density at radius 2 is 1.63 bits per heavy atom. The van der Waals surface area contributed by atoms with E-state index in [2.05, 4.69) is 20.9 Å². The van der Waals surface area contributed by atoms with Crippen molar-refractivity contribution in [3.8, 4) is 11.1 Å². The van der Waals surface area contributed by atoms with E-state index in [1.165, 1.54) is 20.2 Å². The van der Waals surface area contributed by atoms with Gasteiger partial charge >= 0.3 is 5.69 Å². The molecule has 2 N–H and O–H groups in total. The number of hydrogen-bond acceptors (Lipinski definition) is 5. The van der Waals surface area contributed by atoms with Crippen LogP contribution in [-0.4, -0.2) is 40.1 Å². The topological polar surface area (TPSA) is 86.2 Å². The summed E-state index contributed by atoms with van der Waals surface area (Å²) < 4.78 is 69.3. The van der Waals surface area contributed by atoms with Crippen molar-refractivity contribution in [2.45, 2.75) is 33.2 Å². The predicted octanol–water partition coefficient (Wildman–Crippen LogP) is 4.02. The van der Waals surface area contributed by atoms with Gasteiger partial charge in [0.05, 0.1) is 18.5 Å². The fraction of sp³-hybridized carbons (Fsp3) is 0.409. The molecular weight excluding hydrogens is 541 g/mol. The van der Waals surface area contributed by atoms with Crippen LogP contribution in [0.2, 0.25) is 0 Å². The van der Waals surface area contributed by atoms with E-state index < -0.39 is 49.6 Å². The van der Waals surface area contributed by atoms with E-state index in [1.807, 2.05) is 13.8 Å². The molecule has 192 valence electrons. The van der Waals surface area contributed by atoms with Gasteiger partial charge in [0, 0.05) is 41.8 Å². The molecule has 2 heterocycles. The van der Waals surface area contributed by atoms with Crippen LogP contribution in [0.5, 0.6) is 0 Å². The van der Waals surface area contributed by atoms with Crippen molar-refractivity contribution < 1.29 is 22.0 Å². The van der Waals surface area contributed by atoms with Crippen LogP contribution >= 0.6 is 15.9 Å². The number of benzene rings is 1. The number of halogens is 6. The number of rotatable bonds is 7. The number of anilines is 1. The Kier molecular flexibility index (Phi) is 9.55. The lowest BCUT2D eigenvalue weighted by molar-refractivity contribution is 0.131. The number of nitrogens with zero attached hydrogens (tertiary/aromatic N) is 4. The van der Waals surface area contributed by atoms with Gasteiger partial charge in [-0.2, -0.15) is 0 Å². The number of hydrogen-bond donors (Lipinski definition) is 1. The second kappa shape index (κ2) is 11.8. The summed E-state index contributed by atoms with van der Waals surface area (Å²) in [5, 5.41) is -0.135. The molecule has 0 fully saturated rings. The van der Waals surface area contributed by atoms with Crippen LogP contribution < -0.4 is 21.9 Å². The predicted molar refractivity (Wildman–Crippen MR) is 129 cm³/mol. The molecule has 0 saturated heterocycles. The lowest BCUT2D eigenvalue weighted by Gasteiger charge is -2.27. The first-order valence-electron chi connectivity index (χ1n) is 10.6. The third kappa shape index (κ3) is 5.72. The third-order valence-corrected chi connectivity index (χ3v) is 5.78. The molecule has 0 radical (unpaired) electrons. The summed E-state index contributed by atoms with van der Waals surface area (Å²) in [7, 11) is 2.52. The molecule has 13 heteroatoms. The van der Waals surface area contributed by atoms with Gasteiger partial charge in [-0.25, -0.2) is 31.7 Å². The lowest BCUT2D eigenvalue weighted by Crippen LogP contribution is -2.39. The summed E-state index contributed by atoms with van der Waals surface area (Å²) in [6, 6.07) is 3.59. The highest BCUT2D eigenvalue weighted by Gasteiger charge is 2.28. The second-order valence-electron chi connectivity index (χ2n) is 7.21. The Hall–Kier alpha value is -2.80. The zero-order chi connectivity index (χ0) is 26.6. The van der Waals surface area contributed by atoms with E-state index in [1.54, 1.807) is 0 Å². The highest BCUT2D eigenvalue weighted by atomic mass is 79.9. The number of fused-ring (bicyclic) bond motifs is 1. The molecule has 0 aliphatic carbocycles. The van der Waals surface area contributed by atoms with Crippen molar-refractivity contribution in [1.82, 2.24) is 14.1 Å². The fourth-order valence-electron chi connectivity index (χ4n) is 3.64. The van der Waals surface area contributed by atoms with Crippen molar-refractivity contribution in [2.75, 3.05) is 18.0 Å². The van der Waals surface area contributed by atoms with E-state index in [4.69, 9.17) is 5.73 Å². The minimum absolute atomic E-state index is 0.00797. The van der Waals surface area contributed by atoms with E-state index in [0.717, 1.165) is 21.3 Å². The molecule has 0 bridgehead atoms. The van der Waals surface area contributed by atoms with Gasteiger partial charge in [-0.05, 0) is 18.2 Å². The maximum absolute atomic E-state index is 14.2. The average Bonchev–Trinajstić information content (AvgIpc) is 2.81. The normalized spacial score (nSPS) is 11.2. The monoisotopic (exact) mass is 565 g/mol. The van der Waals surface area contributed by atoms with Crippen molar-refractivity contribution in [1.29, 1.82) is 0 Å². The molecule has 0 amide bonds. The van der Waals surface area contributed by atoms with Crippen molar-refractivity contribution in [3.05, 3.63) is 54.9 Å². The van der Waals surface area contributed by atoms with Crippen LogP contribution in [0.4, 0.5) is 27.8 Å². The number of alkyl halides is 4. The van der Waals surface area contributed by atoms with Gasteiger partial charge in [-0.3, -0.25) is 13.9 Å².